The zero-order chi connectivity index (χ0) is 15.6. The third-order valence-corrected chi connectivity index (χ3v) is 3.97. The highest BCUT2D eigenvalue weighted by Crippen LogP contribution is 2.48. The van der Waals surface area contributed by atoms with E-state index in [1.54, 1.807) is 0 Å². The molecule has 114 valence electrons. The lowest BCUT2D eigenvalue weighted by Crippen LogP contribution is -2.42. The molecule has 0 aromatic heterocycles. The molecule has 5 heteroatoms. The summed E-state index contributed by atoms with van der Waals surface area (Å²) in [7, 11) is 1.32. The molecule has 2 rings (SSSR count). The number of carbonyl (C=O) groups is 2. The Morgan fingerprint density at radius 2 is 1.86 bits per heavy atom. The number of methoxy groups -OCH3 is 1. The zero-order valence-electron chi connectivity index (χ0n) is 12.6. The van der Waals surface area contributed by atoms with Crippen molar-refractivity contribution in [2.45, 2.75) is 38.2 Å². The van der Waals surface area contributed by atoms with Crippen molar-refractivity contribution in [3.05, 3.63) is 34.9 Å². The van der Waals surface area contributed by atoms with Crippen molar-refractivity contribution < 1.29 is 19.4 Å². The van der Waals surface area contributed by atoms with E-state index in [2.05, 4.69) is 11.4 Å². The molecule has 1 atom stereocenters. The van der Waals surface area contributed by atoms with Crippen LogP contribution in [0.4, 0.5) is 0 Å². The van der Waals surface area contributed by atoms with Crippen LogP contribution in [0.25, 0.3) is 0 Å². The van der Waals surface area contributed by atoms with Crippen molar-refractivity contribution in [2.75, 3.05) is 13.7 Å². The minimum atomic E-state index is -1.07. The molecule has 1 aliphatic carbocycles. The summed E-state index contributed by atoms with van der Waals surface area (Å²) in [5.74, 6) is -1.19. The Bertz CT molecular complexity index is 543. The number of ether oxygens (including phenoxy) is 1. The molecule has 1 aliphatic rings. The van der Waals surface area contributed by atoms with E-state index in [4.69, 9.17) is 9.84 Å². The summed E-state index contributed by atoms with van der Waals surface area (Å²) in [5, 5.41) is 11.6. The summed E-state index contributed by atoms with van der Waals surface area (Å²) in [4.78, 5) is 23.3. The van der Waals surface area contributed by atoms with Crippen LogP contribution in [0, 0.1) is 13.8 Å². The van der Waals surface area contributed by atoms with Gasteiger partial charge < -0.3 is 15.2 Å². The van der Waals surface area contributed by atoms with Crippen molar-refractivity contribution in [3.8, 4) is 0 Å². The first kappa shape index (κ1) is 15.5. The van der Waals surface area contributed by atoms with E-state index in [0.29, 0.717) is 0 Å². The van der Waals surface area contributed by atoms with Crippen LogP contribution in [0.5, 0.6) is 0 Å². The summed E-state index contributed by atoms with van der Waals surface area (Å²) in [5.41, 5.74) is 2.78. The maximum Gasteiger partial charge on any atom is 0.334 e. The Labute approximate surface area is 124 Å². The Balaban J connectivity index is 2.09. The highest BCUT2D eigenvalue weighted by Gasteiger charge is 2.51. The molecule has 2 N–H and O–H groups in total. The van der Waals surface area contributed by atoms with Gasteiger partial charge in [-0.25, -0.2) is 4.79 Å². The van der Waals surface area contributed by atoms with Crippen LogP contribution in [0.1, 0.15) is 29.5 Å². The Kier molecular flexibility index (Phi) is 4.32. The molecule has 1 unspecified atom stereocenters. The van der Waals surface area contributed by atoms with E-state index in [1.165, 1.54) is 7.11 Å². The molecule has 0 spiro atoms. The minimum absolute atomic E-state index is 0.0167. The number of benzene rings is 1. The van der Waals surface area contributed by atoms with Gasteiger partial charge in [0.1, 0.15) is 0 Å². The quantitative estimate of drug-likeness (QED) is 0.834. The normalized spacial score (nSPS) is 17.1. The minimum Gasteiger partial charge on any atom is -0.479 e. The summed E-state index contributed by atoms with van der Waals surface area (Å²) in [6.07, 6.45) is 0.586. The molecule has 1 aromatic carbocycles. The summed E-state index contributed by atoms with van der Waals surface area (Å²) >= 11 is 0. The van der Waals surface area contributed by atoms with E-state index in [1.807, 2.05) is 26.0 Å². The number of carboxylic acid groups (broad SMARTS) is 1. The highest BCUT2D eigenvalue weighted by molar-refractivity contribution is 5.91. The van der Waals surface area contributed by atoms with Gasteiger partial charge in [0.15, 0.2) is 6.10 Å². The van der Waals surface area contributed by atoms with E-state index >= 15 is 0 Å². The predicted octanol–water partition coefficient (Wildman–Crippen LogP) is 1.55. The maximum absolute atomic E-state index is 12.4. The lowest BCUT2D eigenvalue weighted by molar-refractivity contribution is -0.148. The first-order valence-electron chi connectivity index (χ1n) is 7.02. The molecule has 0 heterocycles. The zero-order valence-corrected chi connectivity index (χ0v) is 12.6. The topological polar surface area (TPSA) is 75.6 Å². The van der Waals surface area contributed by atoms with Crippen molar-refractivity contribution in [3.63, 3.8) is 0 Å². The van der Waals surface area contributed by atoms with E-state index in [-0.39, 0.29) is 12.5 Å². The van der Waals surface area contributed by atoms with Gasteiger partial charge in [-0.05, 0) is 32.3 Å². The number of nitrogens with one attached hydrogen (secondary N) is 1. The predicted molar refractivity (Wildman–Crippen MR) is 78.3 cm³/mol. The van der Waals surface area contributed by atoms with Crippen molar-refractivity contribution in [1.29, 1.82) is 0 Å². The van der Waals surface area contributed by atoms with Crippen molar-refractivity contribution in [2.24, 2.45) is 0 Å². The van der Waals surface area contributed by atoms with Crippen molar-refractivity contribution >= 4 is 11.9 Å². The van der Waals surface area contributed by atoms with Gasteiger partial charge in [-0.2, -0.15) is 0 Å². The monoisotopic (exact) mass is 291 g/mol. The number of hydrogen-bond acceptors (Lipinski definition) is 3. The Morgan fingerprint density at radius 3 is 2.29 bits per heavy atom. The number of rotatable bonds is 6. The van der Waals surface area contributed by atoms with E-state index in [0.717, 1.165) is 29.5 Å². The second-order valence-corrected chi connectivity index (χ2v) is 5.73. The smallest absolute Gasteiger partial charge is 0.334 e. The van der Waals surface area contributed by atoms with E-state index < -0.39 is 17.5 Å². The second kappa shape index (κ2) is 5.85. The largest absolute Gasteiger partial charge is 0.479 e. The number of amides is 1. The van der Waals surface area contributed by atoms with Gasteiger partial charge in [-0.15, -0.1) is 0 Å². The molecule has 5 nitrogen and oxygen atoms in total. The molecular weight excluding hydrogens is 270 g/mol. The van der Waals surface area contributed by atoms with Gasteiger partial charge in [0.25, 0.3) is 0 Å². The SMILES string of the molecule is COC(CNC(=O)C1(c2cc(C)cc(C)c2)CC1)C(=O)O. The fourth-order valence-corrected chi connectivity index (χ4v) is 2.65. The van der Waals surface area contributed by atoms with Crippen LogP contribution in [0.15, 0.2) is 18.2 Å². The standard InChI is InChI=1S/C16H21NO4/c1-10-6-11(2)8-12(7-10)16(4-5-16)15(20)17-9-13(21-3)14(18)19/h6-8,13H,4-5,9H2,1-3H3,(H,17,20)(H,18,19). The van der Waals surface area contributed by atoms with Crippen LogP contribution in [0.2, 0.25) is 0 Å². The number of hydrogen-bond donors (Lipinski definition) is 2. The van der Waals surface area contributed by atoms with Crippen LogP contribution in [0.3, 0.4) is 0 Å². The van der Waals surface area contributed by atoms with Gasteiger partial charge in [-0.1, -0.05) is 29.3 Å². The summed E-state index contributed by atoms with van der Waals surface area (Å²) < 4.78 is 4.82. The van der Waals surface area contributed by atoms with Crippen molar-refractivity contribution in [1.82, 2.24) is 5.32 Å². The number of carboxylic acids is 1. The maximum atomic E-state index is 12.4. The van der Waals surface area contributed by atoms with Crippen LogP contribution in [-0.2, 0) is 19.7 Å². The molecule has 0 aliphatic heterocycles. The van der Waals surface area contributed by atoms with Crippen LogP contribution >= 0.6 is 0 Å². The molecule has 0 radical (unpaired) electrons. The average Bonchev–Trinajstić information content (AvgIpc) is 3.19. The molecule has 21 heavy (non-hydrogen) atoms. The lowest BCUT2D eigenvalue weighted by Gasteiger charge is -2.19. The fourth-order valence-electron chi connectivity index (χ4n) is 2.65. The molecular formula is C16H21NO4. The van der Waals surface area contributed by atoms with Gasteiger partial charge in [0.05, 0.1) is 12.0 Å². The Hall–Kier alpha value is -1.88. The van der Waals surface area contributed by atoms with Crippen LogP contribution in [-0.4, -0.2) is 36.7 Å². The molecule has 0 bridgehead atoms. The summed E-state index contributed by atoms with van der Waals surface area (Å²) in [6, 6.07) is 6.14. The first-order chi connectivity index (χ1) is 9.89. The third kappa shape index (κ3) is 3.24. The Morgan fingerprint density at radius 1 is 1.29 bits per heavy atom. The molecule has 1 saturated carbocycles. The average molecular weight is 291 g/mol. The molecule has 1 aromatic rings. The van der Waals surface area contributed by atoms with E-state index in [9.17, 15) is 9.59 Å². The number of aliphatic carboxylic acids is 1. The molecule has 1 amide bonds. The lowest BCUT2D eigenvalue weighted by atomic mass is 9.92. The van der Waals surface area contributed by atoms with Gasteiger partial charge in [0, 0.05) is 7.11 Å². The first-order valence-corrected chi connectivity index (χ1v) is 7.02. The van der Waals surface area contributed by atoms with Gasteiger partial charge in [-0.3, -0.25) is 4.79 Å². The van der Waals surface area contributed by atoms with Crippen LogP contribution < -0.4 is 5.32 Å². The second-order valence-electron chi connectivity index (χ2n) is 5.73. The summed E-state index contributed by atoms with van der Waals surface area (Å²) in [6.45, 7) is 4.00. The highest BCUT2D eigenvalue weighted by atomic mass is 16.5. The van der Waals surface area contributed by atoms with Gasteiger partial charge >= 0.3 is 5.97 Å². The molecule has 1 fully saturated rings. The number of carbonyl (C=O) groups excluding carboxylic acids is 1. The fraction of sp³-hybridized carbons (Fsp3) is 0.500. The molecule has 0 saturated heterocycles. The van der Waals surface area contributed by atoms with Gasteiger partial charge in [0.2, 0.25) is 5.91 Å². The number of aryl methyl sites for hydroxylation is 2. The third-order valence-electron chi connectivity index (χ3n) is 3.97.